The van der Waals surface area contributed by atoms with E-state index in [0.29, 0.717) is 29.9 Å². The topological polar surface area (TPSA) is 96.1 Å². The summed E-state index contributed by atoms with van der Waals surface area (Å²) in [6.45, 7) is 2.08. The minimum Gasteiger partial charge on any atom is -0.362 e. The fourth-order valence-corrected chi connectivity index (χ4v) is 5.39. The van der Waals surface area contributed by atoms with E-state index in [-0.39, 0.29) is 42.5 Å². The maximum Gasteiger partial charge on any atom is 0.416 e. The van der Waals surface area contributed by atoms with Crippen molar-refractivity contribution in [3.05, 3.63) is 76.4 Å². The van der Waals surface area contributed by atoms with Crippen molar-refractivity contribution in [1.29, 1.82) is 5.26 Å². The first-order valence-electron chi connectivity index (χ1n) is 13.3. The standard InChI is InChI=1S/C29H31F3N6O2/c1-28(7-4-8-28)34-16-20-13-23-24(25(14-20)29(30,31)32)17-38(27(23)39)21-6-3-5-19(11-21)12-22(40-10-9-33)15-26-36-35-18-37(26)2/h3,5-6,11,13-14,18,22,34H,4,7-8,10,12,15-17H2,1-2H3/t22-/m0/s1. The number of ether oxygens (including phenoxy) is 1. The zero-order valence-electron chi connectivity index (χ0n) is 22.5. The highest BCUT2D eigenvalue weighted by Gasteiger charge is 2.41. The van der Waals surface area contributed by atoms with Gasteiger partial charge in [-0.2, -0.15) is 18.4 Å². The number of nitriles is 1. The normalized spacial score (nSPS) is 16.9. The molecule has 0 radical (unpaired) electrons. The molecule has 1 amide bonds. The van der Waals surface area contributed by atoms with E-state index in [2.05, 4.69) is 22.4 Å². The number of carbonyl (C=O) groups is 1. The van der Waals surface area contributed by atoms with E-state index in [1.54, 1.807) is 35.2 Å². The van der Waals surface area contributed by atoms with Gasteiger partial charge < -0.3 is 19.5 Å². The van der Waals surface area contributed by atoms with Crippen molar-refractivity contribution in [2.24, 2.45) is 7.05 Å². The van der Waals surface area contributed by atoms with Gasteiger partial charge in [-0.1, -0.05) is 12.1 Å². The summed E-state index contributed by atoms with van der Waals surface area (Å²) in [6, 6.07) is 11.9. The average molecular weight is 553 g/mol. The number of aromatic nitrogens is 3. The summed E-state index contributed by atoms with van der Waals surface area (Å²) in [5, 5.41) is 20.4. The van der Waals surface area contributed by atoms with Crippen molar-refractivity contribution in [1.82, 2.24) is 20.1 Å². The van der Waals surface area contributed by atoms with Gasteiger partial charge in [-0.15, -0.1) is 10.2 Å². The van der Waals surface area contributed by atoms with E-state index in [9.17, 15) is 18.0 Å². The van der Waals surface area contributed by atoms with E-state index in [4.69, 9.17) is 10.00 Å². The summed E-state index contributed by atoms with van der Waals surface area (Å²) in [5.74, 6) is 0.242. The van der Waals surface area contributed by atoms with Crippen LogP contribution in [0.25, 0.3) is 0 Å². The Labute approximate surface area is 230 Å². The van der Waals surface area contributed by atoms with E-state index in [1.807, 2.05) is 19.2 Å². The summed E-state index contributed by atoms with van der Waals surface area (Å²) in [4.78, 5) is 14.9. The first-order valence-corrected chi connectivity index (χ1v) is 13.3. The lowest BCUT2D eigenvalue weighted by Crippen LogP contribution is -2.47. The Balaban J connectivity index is 1.38. The van der Waals surface area contributed by atoms with Gasteiger partial charge >= 0.3 is 6.18 Å². The smallest absolute Gasteiger partial charge is 0.362 e. The van der Waals surface area contributed by atoms with Gasteiger partial charge in [0.2, 0.25) is 0 Å². The maximum atomic E-state index is 14.1. The number of nitrogens with zero attached hydrogens (tertiary/aromatic N) is 5. The highest BCUT2D eigenvalue weighted by atomic mass is 19.4. The molecule has 210 valence electrons. The van der Waals surface area contributed by atoms with Crippen LogP contribution in [0.1, 0.15) is 64.6 Å². The van der Waals surface area contributed by atoms with E-state index in [0.717, 1.165) is 24.8 Å². The average Bonchev–Trinajstić information content (AvgIpc) is 3.46. The summed E-state index contributed by atoms with van der Waals surface area (Å²) in [7, 11) is 1.82. The molecule has 1 fully saturated rings. The molecule has 3 aromatic rings. The van der Waals surface area contributed by atoms with Gasteiger partial charge in [-0.3, -0.25) is 4.79 Å². The summed E-state index contributed by atoms with van der Waals surface area (Å²) in [5.41, 5.74) is 1.03. The Morgan fingerprint density at radius 3 is 2.65 bits per heavy atom. The molecule has 40 heavy (non-hydrogen) atoms. The maximum absolute atomic E-state index is 14.1. The Bertz CT molecular complexity index is 1440. The van der Waals surface area contributed by atoms with Gasteiger partial charge in [0.25, 0.3) is 5.91 Å². The van der Waals surface area contributed by atoms with Crippen LogP contribution in [-0.2, 0) is 43.9 Å². The molecule has 8 nitrogen and oxygen atoms in total. The number of aryl methyl sites for hydroxylation is 1. The van der Waals surface area contributed by atoms with Crippen LogP contribution in [0.15, 0.2) is 42.7 Å². The largest absolute Gasteiger partial charge is 0.416 e. The molecule has 0 unspecified atom stereocenters. The van der Waals surface area contributed by atoms with Gasteiger partial charge in [0.05, 0.1) is 24.3 Å². The second-order valence-corrected chi connectivity index (χ2v) is 10.9. The molecule has 1 aliphatic carbocycles. The van der Waals surface area contributed by atoms with Gasteiger partial charge in [-0.05, 0) is 73.6 Å². The fourth-order valence-electron chi connectivity index (χ4n) is 5.39. The molecule has 0 spiro atoms. The second-order valence-electron chi connectivity index (χ2n) is 10.9. The van der Waals surface area contributed by atoms with Crippen LogP contribution in [-0.4, -0.2) is 38.9 Å². The van der Waals surface area contributed by atoms with Crippen LogP contribution in [0.5, 0.6) is 0 Å². The lowest BCUT2D eigenvalue weighted by molar-refractivity contribution is -0.138. The summed E-state index contributed by atoms with van der Waals surface area (Å²) >= 11 is 0. The Hall–Kier alpha value is -3.75. The molecule has 11 heteroatoms. The van der Waals surface area contributed by atoms with E-state index in [1.165, 1.54) is 11.0 Å². The quantitative estimate of drug-likeness (QED) is 0.391. The lowest BCUT2D eigenvalue weighted by Gasteiger charge is -2.39. The number of carbonyl (C=O) groups excluding carboxylic acids is 1. The molecule has 2 aromatic carbocycles. The zero-order valence-corrected chi connectivity index (χ0v) is 22.5. The third-order valence-corrected chi connectivity index (χ3v) is 7.87. The Morgan fingerprint density at radius 1 is 1.20 bits per heavy atom. The number of amides is 1. The number of nitrogens with one attached hydrogen (secondary N) is 1. The number of hydrogen-bond acceptors (Lipinski definition) is 6. The summed E-state index contributed by atoms with van der Waals surface area (Å²) < 4.78 is 49.9. The zero-order chi connectivity index (χ0) is 28.5. The molecular formula is C29H31F3N6O2. The van der Waals surface area contributed by atoms with Crippen molar-refractivity contribution in [2.75, 3.05) is 11.5 Å². The summed E-state index contributed by atoms with van der Waals surface area (Å²) in [6.07, 6.45) is 0.513. The monoisotopic (exact) mass is 552 g/mol. The fraction of sp³-hybridized carbons (Fsp3) is 0.448. The highest BCUT2D eigenvalue weighted by Crippen LogP contribution is 2.40. The van der Waals surface area contributed by atoms with E-state index >= 15 is 0 Å². The number of benzene rings is 2. The number of halogens is 3. The highest BCUT2D eigenvalue weighted by molar-refractivity contribution is 6.10. The molecule has 0 saturated heterocycles. The van der Waals surface area contributed by atoms with Crippen LogP contribution in [0.2, 0.25) is 0 Å². The molecule has 1 aromatic heterocycles. The first kappa shape index (κ1) is 27.8. The minimum atomic E-state index is -4.58. The van der Waals surface area contributed by atoms with Gasteiger partial charge in [0, 0.05) is 36.8 Å². The number of alkyl halides is 3. The van der Waals surface area contributed by atoms with Crippen LogP contribution >= 0.6 is 0 Å². The van der Waals surface area contributed by atoms with Crippen molar-refractivity contribution in [3.8, 4) is 6.07 Å². The van der Waals surface area contributed by atoms with Gasteiger partial charge in [0.1, 0.15) is 18.8 Å². The molecule has 2 heterocycles. The van der Waals surface area contributed by atoms with Crippen molar-refractivity contribution < 1.29 is 22.7 Å². The van der Waals surface area contributed by atoms with Crippen LogP contribution < -0.4 is 10.2 Å². The van der Waals surface area contributed by atoms with Crippen LogP contribution in [0, 0.1) is 11.3 Å². The molecule has 1 atom stereocenters. The Morgan fingerprint density at radius 2 is 2.00 bits per heavy atom. The second kappa shape index (κ2) is 11.0. The van der Waals surface area contributed by atoms with Crippen LogP contribution in [0.3, 0.4) is 0 Å². The lowest BCUT2D eigenvalue weighted by atomic mass is 9.78. The first-order chi connectivity index (χ1) is 19.1. The number of anilines is 1. The molecule has 0 bridgehead atoms. The predicted octanol–water partition coefficient (Wildman–Crippen LogP) is 4.72. The SMILES string of the molecule is Cn1cnnc1C[C@H](Cc1cccc(N2Cc3c(cc(CNC4(C)CCC4)cc3C(F)(F)F)C2=O)c1)OCC#N. The van der Waals surface area contributed by atoms with E-state index < -0.39 is 17.6 Å². The molecule has 2 aliphatic rings. The number of hydrogen-bond donors (Lipinski definition) is 1. The van der Waals surface area contributed by atoms with Gasteiger partial charge in [-0.25, -0.2) is 0 Å². The van der Waals surface area contributed by atoms with Crippen molar-refractivity contribution in [2.45, 2.75) is 69.9 Å². The van der Waals surface area contributed by atoms with Crippen molar-refractivity contribution >= 4 is 11.6 Å². The molecule has 1 N–H and O–H groups in total. The third kappa shape index (κ3) is 5.88. The van der Waals surface area contributed by atoms with Crippen molar-refractivity contribution in [3.63, 3.8) is 0 Å². The third-order valence-electron chi connectivity index (χ3n) is 7.87. The number of fused-ring (bicyclic) bond motifs is 1. The minimum absolute atomic E-state index is 0.000906. The van der Waals surface area contributed by atoms with Gasteiger partial charge in [0.15, 0.2) is 0 Å². The number of rotatable bonds is 10. The molecule has 1 saturated carbocycles. The molecule has 1 aliphatic heterocycles. The predicted molar refractivity (Wildman–Crippen MR) is 141 cm³/mol. The Kier molecular flexibility index (Phi) is 7.66. The molecule has 5 rings (SSSR count). The van der Waals surface area contributed by atoms with Crippen LogP contribution in [0.4, 0.5) is 18.9 Å². The molecular weight excluding hydrogens is 521 g/mol.